The first kappa shape index (κ1) is 11.8. The molecule has 0 N–H and O–H groups in total. The second-order valence-electron chi connectivity index (χ2n) is 4.07. The number of ether oxygens (including phenoxy) is 1. The fourth-order valence-electron chi connectivity index (χ4n) is 1.67. The molecule has 2 nitrogen and oxygen atoms in total. The molecule has 0 saturated heterocycles. The van der Waals surface area contributed by atoms with Crippen molar-refractivity contribution in [2.75, 3.05) is 6.61 Å². The molecule has 0 heterocycles. The Balaban J connectivity index is 2.73. The van der Waals surface area contributed by atoms with Crippen LogP contribution in [-0.4, -0.2) is 12.4 Å². The SMILES string of the molecule is CC#CCC1(C)CCC(OCC)=CC1=O. The van der Waals surface area contributed by atoms with E-state index in [2.05, 4.69) is 11.8 Å². The predicted molar refractivity (Wildman–Crippen MR) is 60.1 cm³/mol. The number of allylic oxidation sites excluding steroid dienone is 2. The maximum atomic E-state index is 11.9. The molecule has 0 amide bonds. The second-order valence-corrected chi connectivity index (χ2v) is 4.07. The molecule has 1 unspecified atom stereocenters. The van der Waals surface area contributed by atoms with E-state index in [4.69, 9.17) is 4.74 Å². The van der Waals surface area contributed by atoms with Gasteiger partial charge in [-0.1, -0.05) is 6.92 Å². The van der Waals surface area contributed by atoms with E-state index in [1.54, 1.807) is 13.0 Å². The largest absolute Gasteiger partial charge is 0.498 e. The lowest BCUT2D eigenvalue weighted by atomic mass is 9.75. The molecule has 0 aliphatic heterocycles. The Bertz CT molecular complexity index is 330. The molecule has 2 heteroatoms. The highest BCUT2D eigenvalue weighted by molar-refractivity contribution is 5.96. The molecule has 0 aromatic heterocycles. The van der Waals surface area contributed by atoms with Gasteiger partial charge in [0, 0.05) is 24.3 Å². The zero-order valence-corrected chi connectivity index (χ0v) is 9.72. The first-order chi connectivity index (χ1) is 7.12. The molecule has 0 fully saturated rings. The average molecular weight is 206 g/mol. The molecule has 1 aliphatic carbocycles. The molecule has 0 bridgehead atoms. The quantitative estimate of drug-likeness (QED) is 0.664. The van der Waals surface area contributed by atoms with Gasteiger partial charge in [-0.05, 0) is 20.3 Å². The Kier molecular flexibility index (Phi) is 3.96. The second kappa shape index (κ2) is 5.02. The van der Waals surface area contributed by atoms with Gasteiger partial charge in [0.1, 0.15) is 0 Å². The van der Waals surface area contributed by atoms with Crippen molar-refractivity contribution in [3.63, 3.8) is 0 Å². The predicted octanol–water partition coefficient (Wildman–Crippen LogP) is 2.69. The van der Waals surface area contributed by atoms with Crippen LogP contribution in [0.15, 0.2) is 11.8 Å². The van der Waals surface area contributed by atoms with Gasteiger partial charge in [0.15, 0.2) is 5.78 Å². The fourth-order valence-corrected chi connectivity index (χ4v) is 1.67. The van der Waals surface area contributed by atoms with Gasteiger partial charge in [0.05, 0.1) is 12.4 Å². The molecule has 0 saturated carbocycles. The van der Waals surface area contributed by atoms with Gasteiger partial charge in [0.25, 0.3) is 0 Å². The number of carbonyl (C=O) groups is 1. The van der Waals surface area contributed by atoms with Crippen LogP contribution >= 0.6 is 0 Å². The zero-order valence-electron chi connectivity index (χ0n) is 9.72. The van der Waals surface area contributed by atoms with E-state index in [0.29, 0.717) is 13.0 Å². The molecule has 1 rings (SSSR count). The number of carbonyl (C=O) groups excluding carboxylic acids is 1. The number of hydrogen-bond donors (Lipinski definition) is 0. The highest BCUT2D eigenvalue weighted by Gasteiger charge is 2.34. The third-order valence-corrected chi connectivity index (χ3v) is 2.80. The van der Waals surface area contributed by atoms with Gasteiger partial charge in [-0.2, -0.15) is 0 Å². The van der Waals surface area contributed by atoms with E-state index in [-0.39, 0.29) is 11.2 Å². The molecule has 0 spiro atoms. The Morgan fingerprint density at radius 3 is 2.87 bits per heavy atom. The molecule has 15 heavy (non-hydrogen) atoms. The molecule has 0 aromatic carbocycles. The lowest BCUT2D eigenvalue weighted by Gasteiger charge is -2.29. The first-order valence-corrected chi connectivity index (χ1v) is 5.40. The number of rotatable bonds is 3. The topological polar surface area (TPSA) is 26.3 Å². The van der Waals surface area contributed by atoms with Crippen LogP contribution < -0.4 is 0 Å². The van der Waals surface area contributed by atoms with Crippen molar-refractivity contribution < 1.29 is 9.53 Å². The summed E-state index contributed by atoms with van der Waals surface area (Å²) in [6, 6.07) is 0. The van der Waals surface area contributed by atoms with Crippen molar-refractivity contribution in [3.8, 4) is 11.8 Å². The van der Waals surface area contributed by atoms with Gasteiger partial charge in [-0.3, -0.25) is 4.79 Å². The Labute approximate surface area is 91.7 Å². The van der Waals surface area contributed by atoms with Gasteiger partial charge in [-0.15, -0.1) is 11.8 Å². The van der Waals surface area contributed by atoms with E-state index in [0.717, 1.165) is 18.6 Å². The minimum absolute atomic E-state index is 0.153. The molecule has 0 radical (unpaired) electrons. The molecule has 1 atom stereocenters. The summed E-state index contributed by atoms with van der Waals surface area (Å²) in [6.45, 7) is 6.35. The van der Waals surface area contributed by atoms with Crippen LogP contribution in [0.3, 0.4) is 0 Å². The third-order valence-electron chi connectivity index (χ3n) is 2.80. The molecule has 82 valence electrons. The Morgan fingerprint density at radius 1 is 1.60 bits per heavy atom. The van der Waals surface area contributed by atoms with E-state index >= 15 is 0 Å². The van der Waals surface area contributed by atoms with Gasteiger partial charge in [-0.25, -0.2) is 0 Å². The van der Waals surface area contributed by atoms with Crippen LogP contribution in [0.5, 0.6) is 0 Å². The number of ketones is 1. The summed E-state index contributed by atoms with van der Waals surface area (Å²) >= 11 is 0. The summed E-state index contributed by atoms with van der Waals surface area (Å²) in [5.74, 6) is 6.81. The maximum absolute atomic E-state index is 11.9. The summed E-state index contributed by atoms with van der Waals surface area (Å²) in [6.07, 6.45) is 3.98. The average Bonchev–Trinajstić information content (AvgIpc) is 2.22. The van der Waals surface area contributed by atoms with Gasteiger partial charge in [0.2, 0.25) is 0 Å². The lowest BCUT2D eigenvalue weighted by Crippen LogP contribution is -2.29. The maximum Gasteiger partial charge on any atom is 0.165 e. The van der Waals surface area contributed by atoms with Crippen molar-refractivity contribution in [3.05, 3.63) is 11.8 Å². The summed E-state index contributed by atoms with van der Waals surface area (Å²) in [5, 5.41) is 0. The minimum Gasteiger partial charge on any atom is -0.498 e. The van der Waals surface area contributed by atoms with E-state index in [1.807, 2.05) is 13.8 Å². The van der Waals surface area contributed by atoms with Crippen LogP contribution in [0.1, 0.15) is 40.0 Å². The smallest absolute Gasteiger partial charge is 0.165 e. The summed E-state index contributed by atoms with van der Waals surface area (Å²) in [7, 11) is 0. The molecular formula is C13H18O2. The van der Waals surface area contributed by atoms with E-state index in [9.17, 15) is 4.79 Å². The van der Waals surface area contributed by atoms with Crippen LogP contribution in [0.4, 0.5) is 0 Å². The van der Waals surface area contributed by atoms with Crippen molar-refractivity contribution in [1.29, 1.82) is 0 Å². The van der Waals surface area contributed by atoms with Crippen LogP contribution in [0.25, 0.3) is 0 Å². The number of hydrogen-bond acceptors (Lipinski definition) is 2. The normalized spacial score (nSPS) is 25.3. The Hall–Kier alpha value is -1.23. The first-order valence-electron chi connectivity index (χ1n) is 5.40. The van der Waals surface area contributed by atoms with Crippen LogP contribution in [0, 0.1) is 17.3 Å². The summed E-state index contributed by atoms with van der Waals surface area (Å²) < 4.78 is 5.36. The molecular weight excluding hydrogens is 188 g/mol. The highest BCUT2D eigenvalue weighted by atomic mass is 16.5. The summed E-state index contributed by atoms with van der Waals surface area (Å²) in [5.41, 5.74) is -0.302. The van der Waals surface area contributed by atoms with Crippen LogP contribution in [0.2, 0.25) is 0 Å². The standard InChI is InChI=1S/C13H18O2/c1-4-6-8-13(3)9-7-11(15-5-2)10-12(13)14/h10H,5,7-9H2,1-3H3. The molecule has 0 aromatic rings. The van der Waals surface area contributed by atoms with Crippen LogP contribution in [-0.2, 0) is 9.53 Å². The minimum atomic E-state index is -0.302. The summed E-state index contributed by atoms with van der Waals surface area (Å²) in [4.78, 5) is 11.9. The van der Waals surface area contributed by atoms with Crippen molar-refractivity contribution in [1.82, 2.24) is 0 Å². The van der Waals surface area contributed by atoms with E-state index in [1.165, 1.54) is 0 Å². The molecule has 1 aliphatic rings. The van der Waals surface area contributed by atoms with Gasteiger partial charge < -0.3 is 4.74 Å². The Morgan fingerprint density at radius 2 is 2.33 bits per heavy atom. The monoisotopic (exact) mass is 206 g/mol. The van der Waals surface area contributed by atoms with Gasteiger partial charge >= 0.3 is 0 Å². The van der Waals surface area contributed by atoms with Crippen molar-refractivity contribution in [2.45, 2.75) is 40.0 Å². The van der Waals surface area contributed by atoms with Crippen molar-refractivity contribution in [2.24, 2.45) is 5.41 Å². The fraction of sp³-hybridized carbons (Fsp3) is 0.615. The van der Waals surface area contributed by atoms with Crippen molar-refractivity contribution >= 4 is 5.78 Å². The zero-order chi connectivity index (χ0) is 11.3. The third kappa shape index (κ3) is 2.86. The van der Waals surface area contributed by atoms with E-state index < -0.39 is 0 Å². The highest BCUT2D eigenvalue weighted by Crippen LogP contribution is 2.35. The lowest BCUT2D eigenvalue weighted by molar-refractivity contribution is -0.124.